The van der Waals surface area contributed by atoms with Crippen LogP contribution in [0.3, 0.4) is 0 Å². The maximum absolute atomic E-state index is 11.5. The fraction of sp³-hybridized carbons (Fsp3) is 0.300. The highest BCUT2D eigenvalue weighted by Gasteiger charge is 2.16. The van der Waals surface area contributed by atoms with Crippen molar-refractivity contribution in [2.24, 2.45) is 0 Å². The molecule has 6 heteroatoms. The Balaban J connectivity index is 3.02. The minimum Gasteiger partial charge on any atom is -0.478 e. The number of hydrogen-bond donors (Lipinski definition) is 1. The van der Waals surface area contributed by atoms with Crippen LogP contribution in [0.5, 0.6) is 0 Å². The third-order valence-corrected chi connectivity index (χ3v) is 3.27. The highest BCUT2D eigenvalue weighted by Crippen LogP contribution is 2.13. The zero-order valence-electron chi connectivity index (χ0n) is 8.71. The van der Waals surface area contributed by atoms with Crippen molar-refractivity contribution in [3.8, 4) is 0 Å². The Morgan fingerprint density at radius 2 is 2.00 bits per heavy atom. The molecule has 1 N–H and O–H groups in total. The van der Waals surface area contributed by atoms with Crippen molar-refractivity contribution < 1.29 is 23.1 Å². The monoisotopic (exact) mass is 244 g/mol. The summed E-state index contributed by atoms with van der Waals surface area (Å²) in [6.07, 6.45) is 0. The lowest BCUT2D eigenvalue weighted by molar-refractivity contribution is 0.0696. The van der Waals surface area contributed by atoms with Gasteiger partial charge in [-0.1, -0.05) is 18.2 Å². The molecule has 0 aliphatic carbocycles. The standard InChI is InChI=1S/C10H12O5S/c1-15-7-16(13,14)6-8-4-2-3-5-9(8)10(11)12/h2-5H,6-7H2,1H3,(H,11,12). The number of carboxylic acid groups (broad SMARTS) is 1. The van der Waals surface area contributed by atoms with Crippen LogP contribution in [0.2, 0.25) is 0 Å². The van der Waals surface area contributed by atoms with Crippen molar-refractivity contribution >= 4 is 15.8 Å². The van der Waals surface area contributed by atoms with E-state index in [4.69, 9.17) is 5.11 Å². The first-order valence-electron chi connectivity index (χ1n) is 4.47. The maximum atomic E-state index is 11.5. The van der Waals surface area contributed by atoms with Gasteiger partial charge in [0, 0.05) is 7.11 Å². The lowest BCUT2D eigenvalue weighted by Gasteiger charge is -2.06. The van der Waals surface area contributed by atoms with Gasteiger partial charge in [0.1, 0.15) is 5.94 Å². The predicted octanol–water partition coefficient (Wildman–Crippen LogP) is 0.904. The molecule has 0 saturated heterocycles. The smallest absolute Gasteiger partial charge is 0.335 e. The molecule has 0 atom stereocenters. The van der Waals surface area contributed by atoms with E-state index in [1.807, 2.05) is 0 Å². The van der Waals surface area contributed by atoms with Gasteiger partial charge in [-0.25, -0.2) is 13.2 Å². The average molecular weight is 244 g/mol. The van der Waals surface area contributed by atoms with Gasteiger partial charge >= 0.3 is 5.97 Å². The molecule has 0 bridgehead atoms. The Kier molecular flexibility index (Phi) is 4.03. The van der Waals surface area contributed by atoms with Crippen molar-refractivity contribution in [2.45, 2.75) is 5.75 Å². The molecule has 1 aromatic rings. The van der Waals surface area contributed by atoms with Gasteiger partial charge in [0.15, 0.2) is 9.84 Å². The number of methoxy groups -OCH3 is 1. The minimum atomic E-state index is -3.43. The highest BCUT2D eigenvalue weighted by atomic mass is 32.2. The van der Waals surface area contributed by atoms with E-state index < -0.39 is 21.7 Å². The zero-order valence-corrected chi connectivity index (χ0v) is 9.53. The Morgan fingerprint density at radius 1 is 1.38 bits per heavy atom. The highest BCUT2D eigenvalue weighted by molar-refractivity contribution is 7.90. The molecule has 0 amide bonds. The Morgan fingerprint density at radius 3 is 2.56 bits per heavy atom. The maximum Gasteiger partial charge on any atom is 0.335 e. The molecule has 1 aromatic carbocycles. The first-order chi connectivity index (χ1) is 7.46. The van der Waals surface area contributed by atoms with Crippen molar-refractivity contribution in [3.63, 3.8) is 0 Å². The summed E-state index contributed by atoms with van der Waals surface area (Å²) >= 11 is 0. The number of hydrogen-bond acceptors (Lipinski definition) is 4. The number of benzene rings is 1. The summed E-state index contributed by atoms with van der Waals surface area (Å²) in [6, 6.07) is 6.01. The fourth-order valence-corrected chi connectivity index (χ4v) is 2.48. The summed E-state index contributed by atoms with van der Waals surface area (Å²) in [6.45, 7) is 0. The number of ether oxygens (including phenoxy) is 1. The van der Waals surface area contributed by atoms with Crippen molar-refractivity contribution in [2.75, 3.05) is 13.0 Å². The second kappa shape index (κ2) is 5.09. The fourth-order valence-electron chi connectivity index (χ4n) is 1.31. The van der Waals surface area contributed by atoms with Crippen LogP contribution in [0, 0.1) is 0 Å². The third kappa shape index (κ3) is 3.32. The molecule has 0 aromatic heterocycles. The van der Waals surface area contributed by atoms with Gasteiger partial charge in [-0.15, -0.1) is 0 Å². The van der Waals surface area contributed by atoms with Crippen LogP contribution in [0.15, 0.2) is 24.3 Å². The molecule has 0 aliphatic heterocycles. The Bertz CT molecular complexity index is 478. The van der Waals surface area contributed by atoms with E-state index in [9.17, 15) is 13.2 Å². The van der Waals surface area contributed by atoms with E-state index in [0.29, 0.717) is 0 Å². The summed E-state index contributed by atoms with van der Waals surface area (Å²) in [4.78, 5) is 10.8. The normalized spacial score (nSPS) is 11.3. The van der Waals surface area contributed by atoms with Crippen LogP contribution in [0.4, 0.5) is 0 Å². The van der Waals surface area contributed by atoms with E-state index in [0.717, 1.165) is 0 Å². The molecule has 1 rings (SSSR count). The van der Waals surface area contributed by atoms with Gasteiger partial charge in [-0.3, -0.25) is 0 Å². The molecule has 0 spiro atoms. The van der Waals surface area contributed by atoms with E-state index in [-0.39, 0.29) is 16.9 Å². The van der Waals surface area contributed by atoms with Gasteiger partial charge in [-0.05, 0) is 11.6 Å². The molecule has 16 heavy (non-hydrogen) atoms. The van der Waals surface area contributed by atoms with E-state index in [1.54, 1.807) is 12.1 Å². The van der Waals surface area contributed by atoms with E-state index >= 15 is 0 Å². The van der Waals surface area contributed by atoms with E-state index in [1.165, 1.54) is 19.2 Å². The quantitative estimate of drug-likeness (QED) is 0.832. The summed E-state index contributed by atoms with van der Waals surface area (Å²) in [5, 5.41) is 8.87. The van der Waals surface area contributed by atoms with Crippen LogP contribution in [0.1, 0.15) is 15.9 Å². The van der Waals surface area contributed by atoms with Crippen LogP contribution in [-0.4, -0.2) is 32.5 Å². The second-order valence-corrected chi connectivity index (χ2v) is 5.27. The molecule has 5 nitrogen and oxygen atoms in total. The topological polar surface area (TPSA) is 80.7 Å². The predicted molar refractivity (Wildman–Crippen MR) is 57.9 cm³/mol. The van der Waals surface area contributed by atoms with Crippen molar-refractivity contribution in [1.82, 2.24) is 0 Å². The molecule has 0 radical (unpaired) electrons. The summed E-state index contributed by atoms with van der Waals surface area (Å²) < 4.78 is 27.5. The van der Waals surface area contributed by atoms with Gasteiger partial charge in [0.05, 0.1) is 11.3 Å². The largest absolute Gasteiger partial charge is 0.478 e. The Labute approximate surface area is 93.6 Å². The lowest BCUT2D eigenvalue weighted by atomic mass is 10.1. The van der Waals surface area contributed by atoms with Crippen molar-refractivity contribution in [3.05, 3.63) is 35.4 Å². The molecule has 0 saturated carbocycles. The molecule has 88 valence electrons. The van der Waals surface area contributed by atoms with Crippen LogP contribution in [-0.2, 0) is 20.3 Å². The van der Waals surface area contributed by atoms with Crippen molar-refractivity contribution in [1.29, 1.82) is 0 Å². The third-order valence-electron chi connectivity index (χ3n) is 1.92. The van der Waals surface area contributed by atoms with E-state index in [2.05, 4.69) is 4.74 Å². The molecule has 0 unspecified atom stereocenters. The molecule has 0 fully saturated rings. The number of rotatable bonds is 5. The summed E-state index contributed by atoms with van der Waals surface area (Å²) in [5.74, 6) is -1.88. The summed E-state index contributed by atoms with van der Waals surface area (Å²) in [7, 11) is -2.15. The van der Waals surface area contributed by atoms with Gasteiger partial charge in [0.2, 0.25) is 0 Å². The minimum absolute atomic E-state index is 0.00202. The van der Waals surface area contributed by atoms with Crippen LogP contribution in [0.25, 0.3) is 0 Å². The van der Waals surface area contributed by atoms with Gasteiger partial charge in [0.25, 0.3) is 0 Å². The Hall–Kier alpha value is -1.40. The molecule has 0 aliphatic rings. The van der Waals surface area contributed by atoms with Crippen LogP contribution >= 0.6 is 0 Å². The SMILES string of the molecule is COCS(=O)(=O)Cc1ccccc1C(=O)O. The molecule has 0 heterocycles. The number of carboxylic acids is 1. The van der Waals surface area contributed by atoms with Gasteiger partial charge in [-0.2, -0.15) is 0 Å². The van der Waals surface area contributed by atoms with Gasteiger partial charge < -0.3 is 9.84 Å². The first-order valence-corrected chi connectivity index (χ1v) is 6.29. The molecular formula is C10H12O5S. The zero-order chi connectivity index (χ0) is 12.2. The average Bonchev–Trinajstić information content (AvgIpc) is 2.17. The number of sulfone groups is 1. The first kappa shape index (κ1) is 12.7. The van der Waals surface area contributed by atoms with Crippen LogP contribution < -0.4 is 0 Å². The lowest BCUT2D eigenvalue weighted by Crippen LogP contribution is -2.13. The number of carbonyl (C=O) groups is 1. The number of aromatic carboxylic acids is 1. The summed E-state index contributed by atoms with van der Waals surface area (Å²) in [5.41, 5.74) is 0.272. The second-order valence-electron chi connectivity index (χ2n) is 3.26. The molecular weight excluding hydrogens is 232 g/mol.